The fraction of sp³-hybridized carbons (Fsp3) is 0.429. The summed E-state index contributed by atoms with van der Waals surface area (Å²) in [5, 5.41) is 12.4. The monoisotopic (exact) mass is 394 g/mol. The second-order valence-electron chi connectivity index (χ2n) is 5.00. The van der Waals surface area contributed by atoms with Crippen LogP contribution in [0.3, 0.4) is 0 Å². The number of aliphatic hydroxyl groups excluding tert-OH is 1. The van der Waals surface area contributed by atoms with Crippen LogP contribution < -0.4 is 5.32 Å². The minimum atomic E-state index is -3.07. The van der Waals surface area contributed by atoms with Crippen LogP contribution in [-0.2, 0) is 6.42 Å². The molecule has 6 heteroatoms. The molecule has 0 aliphatic heterocycles. The van der Waals surface area contributed by atoms with Gasteiger partial charge in [-0.25, -0.2) is 8.78 Å². The van der Waals surface area contributed by atoms with Crippen LogP contribution in [0.4, 0.5) is 8.78 Å². The van der Waals surface area contributed by atoms with Crippen molar-refractivity contribution in [2.75, 3.05) is 13.2 Å². The summed E-state index contributed by atoms with van der Waals surface area (Å²) >= 11 is 2.25. The first-order chi connectivity index (χ1) is 9.41. The summed E-state index contributed by atoms with van der Waals surface area (Å²) in [5.41, 5.74) is 2.15. The minimum Gasteiger partial charge on any atom is -0.390 e. The molecule has 0 saturated carbocycles. The van der Waals surface area contributed by atoms with E-state index in [0.717, 1.165) is 20.0 Å². The maximum Gasteiger partial charge on any atom is 0.282 e. The Morgan fingerprint density at radius 2 is 2.20 bits per heavy atom. The summed E-state index contributed by atoms with van der Waals surface area (Å²) in [7, 11) is 0. The van der Waals surface area contributed by atoms with E-state index in [1.165, 1.54) is 0 Å². The highest BCUT2D eigenvalue weighted by Gasteiger charge is 2.27. The van der Waals surface area contributed by atoms with Gasteiger partial charge in [-0.05, 0) is 59.7 Å². The number of aliphatic hydroxyl groups is 1. The Morgan fingerprint density at radius 1 is 1.45 bits per heavy atom. The zero-order valence-electron chi connectivity index (χ0n) is 11.1. The number of H-pyrrole nitrogens is 1. The first-order valence-corrected chi connectivity index (χ1v) is 7.47. The van der Waals surface area contributed by atoms with Crippen LogP contribution in [0.5, 0.6) is 0 Å². The maximum atomic E-state index is 13.0. The van der Waals surface area contributed by atoms with E-state index in [4.69, 9.17) is 5.11 Å². The number of halogens is 3. The molecule has 0 radical (unpaired) electrons. The van der Waals surface area contributed by atoms with Crippen molar-refractivity contribution >= 4 is 33.5 Å². The number of fused-ring (bicyclic) bond motifs is 1. The van der Waals surface area contributed by atoms with Crippen molar-refractivity contribution in [2.24, 2.45) is 0 Å². The van der Waals surface area contributed by atoms with Crippen LogP contribution in [0.1, 0.15) is 12.5 Å². The lowest BCUT2D eigenvalue weighted by Crippen LogP contribution is -2.40. The summed E-state index contributed by atoms with van der Waals surface area (Å²) in [5.74, 6) is -3.07. The highest BCUT2D eigenvalue weighted by molar-refractivity contribution is 14.1. The molecule has 0 spiro atoms. The van der Waals surface area contributed by atoms with E-state index < -0.39 is 19.1 Å². The Hall–Kier alpha value is -0.730. The molecule has 3 nitrogen and oxygen atoms in total. The lowest BCUT2D eigenvalue weighted by atomic mass is 10.1. The van der Waals surface area contributed by atoms with Gasteiger partial charge in [0, 0.05) is 26.7 Å². The molecule has 0 bridgehead atoms. The Kier molecular flexibility index (Phi) is 4.98. The van der Waals surface area contributed by atoms with Crippen molar-refractivity contribution in [3.05, 3.63) is 33.5 Å². The molecule has 1 unspecified atom stereocenters. The van der Waals surface area contributed by atoms with Crippen molar-refractivity contribution < 1.29 is 13.9 Å². The molecule has 0 saturated heterocycles. The summed E-state index contributed by atoms with van der Waals surface area (Å²) in [6.07, 6.45) is 2.57. The van der Waals surface area contributed by atoms with Crippen molar-refractivity contribution in [1.29, 1.82) is 0 Å². The van der Waals surface area contributed by atoms with Gasteiger partial charge in [0.05, 0.1) is 6.54 Å². The van der Waals surface area contributed by atoms with Gasteiger partial charge in [-0.15, -0.1) is 0 Å². The van der Waals surface area contributed by atoms with Crippen molar-refractivity contribution in [3.63, 3.8) is 0 Å². The zero-order chi connectivity index (χ0) is 14.8. The van der Waals surface area contributed by atoms with Gasteiger partial charge >= 0.3 is 0 Å². The van der Waals surface area contributed by atoms with Gasteiger partial charge < -0.3 is 15.4 Å². The fourth-order valence-corrected chi connectivity index (χ4v) is 2.59. The number of aromatic amines is 1. The molecule has 0 aliphatic rings. The van der Waals surface area contributed by atoms with Crippen LogP contribution in [0.25, 0.3) is 10.9 Å². The van der Waals surface area contributed by atoms with E-state index in [-0.39, 0.29) is 6.04 Å². The molecule has 1 atom stereocenters. The minimum absolute atomic E-state index is 0.0932. The molecule has 0 amide bonds. The van der Waals surface area contributed by atoms with E-state index in [1.807, 2.05) is 25.3 Å². The predicted octanol–water partition coefficient (Wildman–Crippen LogP) is 2.92. The van der Waals surface area contributed by atoms with E-state index >= 15 is 0 Å². The molecular weight excluding hydrogens is 377 g/mol. The lowest BCUT2D eigenvalue weighted by Gasteiger charge is -2.18. The summed E-state index contributed by atoms with van der Waals surface area (Å²) in [6.45, 7) is 0.225. The van der Waals surface area contributed by atoms with E-state index in [1.54, 1.807) is 0 Å². The van der Waals surface area contributed by atoms with Crippen LogP contribution in [0.15, 0.2) is 24.4 Å². The highest BCUT2D eigenvalue weighted by atomic mass is 127. The molecule has 1 aromatic carbocycles. The first kappa shape index (κ1) is 15.7. The van der Waals surface area contributed by atoms with Crippen LogP contribution in [0.2, 0.25) is 0 Å². The number of hydrogen-bond acceptors (Lipinski definition) is 2. The smallest absolute Gasteiger partial charge is 0.282 e. The third-order valence-electron chi connectivity index (χ3n) is 3.20. The number of nitrogens with one attached hydrogen (secondary N) is 2. The lowest BCUT2D eigenvalue weighted by molar-refractivity contribution is -0.0490. The van der Waals surface area contributed by atoms with E-state index in [9.17, 15) is 8.78 Å². The van der Waals surface area contributed by atoms with Crippen molar-refractivity contribution in [1.82, 2.24) is 10.3 Å². The van der Waals surface area contributed by atoms with Gasteiger partial charge in [0.1, 0.15) is 6.61 Å². The predicted molar refractivity (Wildman–Crippen MR) is 84.2 cm³/mol. The third kappa shape index (κ3) is 3.89. The molecule has 1 aromatic heterocycles. The van der Waals surface area contributed by atoms with Crippen LogP contribution in [-0.4, -0.2) is 35.2 Å². The van der Waals surface area contributed by atoms with E-state index in [2.05, 4.69) is 39.0 Å². The van der Waals surface area contributed by atoms with Gasteiger partial charge in [0.25, 0.3) is 5.92 Å². The highest BCUT2D eigenvalue weighted by Crippen LogP contribution is 2.22. The number of aromatic nitrogens is 1. The first-order valence-electron chi connectivity index (χ1n) is 6.39. The van der Waals surface area contributed by atoms with Gasteiger partial charge in [-0.3, -0.25) is 0 Å². The molecule has 2 rings (SSSR count). The molecule has 0 fully saturated rings. The largest absolute Gasteiger partial charge is 0.390 e. The number of benzene rings is 1. The average Bonchev–Trinajstić information content (AvgIpc) is 2.79. The second kappa shape index (κ2) is 6.36. The normalized spacial score (nSPS) is 13.8. The topological polar surface area (TPSA) is 48.0 Å². The number of alkyl halides is 2. The summed E-state index contributed by atoms with van der Waals surface area (Å²) in [6, 6.07) is 6.02. The van der Waals surface area contributed by atoms with Crippen LogP contribution in [0, 0.1) is 3.57 Å². The zero-order valence-corrected chi connectivity index (χ0v) is 13.2. The van der Waals surface area contributed by atoms with Gasteiger partial charge in [0.15, 0.2) is 0 Å². The van der Waals surface area contributed by atoms with Gasteiger partial charge in [-0.2, -0.15) is 0 Å². The van der Waals surface area contributed by atoms with E-state index in [0.29, 0.717) is 6.42 Å². The SMILES string of the molecule is CC(Cc1c[nH]c2ccc(I)cc12)NCC(F)(F)CO. The number of hydrogen-bond donors (Lipinski definition) is 3. The average molecular weight is 394 g/mol. The van der Waals surface area contributed by atoms with Crippen LogP contribution >= 0.6 is 22.6 Å². The van der Waals surface area contributed by atoms with Crippen molar-refractivity contribution in [2.45, 2.75) is 25.3 Å². The molecule has 110 valence electrons. The maximum absolute atomic E-state index is 13.0. The molecule has 2 aromatic rings. The molecular formula is C14H17F2IN2O. The Bertz CT molecular complexity index is 586. The van der Waals surface area contributed by atoms with Crippen molar-refractivity contribution in [3.8, 4) is 0 Å². The molecule has 1 heterocycles. The Labute approximate surface area is 129 Å². The summed E-state index contributed by atoms with van der Waals surface area (Å²) in [4.78, 5) is 3.19. The fourth-order valence-electron chi connectivity index (χ4n) is 2.10. The number of rotatable bonds is 6. The molecule has 0 aliphatic carbocycles. The second-order valence-corrected chi connectivity index (χ2v) is 6.25. The van der Waals surface area contributed by atoms with Gasteiger partial charge in [0.2, 0.25) is 0 Å². The third-order valence-corrected chi connectivity index (χ3v) is 3.87. The molecule has 20 heavy (non-hydrogen) atoms. The summed E-state index contributed by atoms with van der Waals surface area (Å²) < 4.78 is 27.1. The Balaban J connectivity index is 2.03. The van der Waals surface area contributed by atoms with Gasteiger partial charge in [-0.1, -0.05) is 0 Å². The Morgan fingerprint density at radius 3 is 2.90 bits per heavy atom. The quantitative estimate of drug-likeness (QED) is 0.660. The standard InChI is InChI=1S/C14H17F2IN2O/c1-9(19-7-14(15,16)8-20)4-10-6-18-13-3-2-11(17)5-12(10)13/h2-3,5-6,9,18-20H,4,7-8H2,1H3. The molecule has 3 N–H and O–H groups in total.